The van der Waals surface area contributed by atoms with Gasteiger partial charge in [0.25, 0.3) is 0 Å². The molecule has 162 valence electrons. The summed E-state index contributed by atoms with van der Waals surface area (Å²) < 4.78 is 36.0. The molecule has 0 unspecified atom stereocenters. The van der Waals surface area contributed by atoms with E-state index < -0.39 is 16.0 Å². The lowest BCUT2D eigenvalue weighted by molar-refractivity contribution is 0.0448. The van der Waals surface area contributed by atoms with Crippen molar-refractivity contribution < 1.29 is 27.5 Å². The van der Waals surface area contributed by atoms with Crippen LogP contribution in [0.15, 0.2) is 70.9 Å². The van der Waals surface area contributed by atoms with E-state index in [1.54, 1.807) is 41.8 Å². The molecule has 0 N–H and O–H groups in total. The van der Waals surface area contributed by atoms with Gasteiger partial charge in [0, 0.05) is 19.7 Å². The van der Waals surface area contributed by atoms with Gasteiger partial charge in [0.15, 0.2) is 0 Å². The molecule has 9 heteroatoms. The van der Waals surface area contributed by atoms with Gasteiger partial charge in [0.05, 0.1) is 15.3 Å². The number of ketones is 1. The molecule has 0 aliphatic carbocycles. The summed E-state index contributed by atoms with van der Waals surface area (Å²) in [6.45, 7) is 0.0463. The first-order valence-corrected chi connectivity index (χ1v) is 11.6. The molecular weight excluding hydrogens is 438 g/mol. The molecule has 0 amide bonds. The highest BCUT2D eigenvalue weighted by atomic mass is 32.2. The quantitative estimate of drug-likeness (QED) is 0.277. The van der Waals surface area contributed by atoms with Gasteiger partial charge in [-0.15, -0.1) is 11.3 Å². The van der Waals surface area contributed by atoms with Crippen LogP contribution in [0.3, 0.4) is 0 Å². The van der Waals surface area contributed by atoms with Crippen LogP contribution in [0.25, 0.3) is 0 Å². The lowest BCUT2D eigenvalue weighted by atomic mass is 10.0. The molecule has 0 aliphatic rings. The van der Waals surface area contributed by atoms with Crippen LogP contribution in [0.5, 0.6) is 5.75 Å². The van der Waals surface area contributed by atoms with E-state index >= 15 is 0 Å². The number of hydrogen-bond acceptors (Lipinski definition) is 7. The fourth-order valence-electron chi connectivity index (χ4n) is 2.69. The summed E-state index contributed by atoms with van der Waals surface area (Å²) in [5.74, 6) is -0.398. The number of hydrogen-bond donors (Lipinski definition) is 0. The summed E-state index contributed by atoms with van der Waals surface area (Å²) in [4.78, 5) is 25.8. The van der Waals surface area contributed by atoms with E-state index in [-0.39, 0.29) is 35.0 Å². The van der Waals surface area contributed by atoms with E-state index in [0.717, 1.165) is 4.31 Å². The third kappa shape index (κ3) is 5.38. The van der Waals surface area contributed by atoms with E-state index in [1.807, 2.05) is 0 Å². The summed E-state index contributed by atoms with van der Waals surface area (Å²) in [5.41, 5.74) is 0.479. The van der Waals surface area contributed by atoms with E-state index in [2.05, 4.69) is 0 Å². The van der Waals surface area contributed by atoms with Crippen molar-refractivity contribution in [1.29, 1.82) is 0 Å². The molecular formula is C22H21NO6S2. The zero-order valence-corrected chi connectivity index (χ0v) is 18.6. The predicted molar refractivity (Wildman–Crippen MR) is 117 cm³/mol. The Bertz CT molecular complexity index is 1150. The topological polar surface area (TPSA) is 90.0 Å². The second kappa shape index (κ2) is 9.86. The average Bonchev–Trinajstić information content (AvgIpc) is 3.31. The molecule has 0 saturated heterocycles. The fourth-order valence-corrected chi connectivity index (χ4v) is 4.27. The lowest BCUT2D eigenvalue weighted by Gasteiger charge is -2.12. The first kappa shape index (κ1) is 22.7. The third-order valence-corrected chi connectivity index (χ3v) is 7.02. The van der Waals surface area contributed by atoms with Crippen LogP contribution in [-0.2, 0) is 14.8 Å². The summed E-state index contributed by atoms with van der Waals surface area (Å²) in [6, 6.07) is 16.0. The van der Waals surface area contributed by atoms with Crippen molar-refractivity contribution in [3.63, 3.8) is 0 Å². The molecule has 7 nitrogen and oxygen atoms in total. The number of nitrogens with zero attached hydrogens (tertiary/aromatic N) is 1. The van der Waals surface area contributed by atoms with Gasteiger partial charge >= 0.3 is 5.97 Å². The normalized spacial score (nSPS) is 11.3. The van der Waals surface area contributed by atoms with Gasteiger partial charge < -0.3 is 9.47 Å². The Kier molecular flexibility index (Phi) is 7.21. The SMILES string of the molecule is CN(C)S(=O)(=O)c1ccc(OCCOC(=O)c2ccccc2C(=O)c2cccs2)cc1. The average molecular weight is 460 g/mol. The lowest BCUT2D eigenvalue weighted by Crippen LogP contribution is -2.22. The Morgan fingerprint density at radius 2 is 1.58 bits per heavy atom. The Morgan fingerprint density at radius 3 is 2.19 bits per heavy atom. The number of benzene rings is 2. The summed E-state index contributed by atoms with van der Waals surface area (Å²) in [6.07, 6.45) is 0. The molecule has 3 aromatic rings. The van der Waals surface area contributed by atoms with Crippen molar-refractivity contribution in [3.05, 3.63) is 82.0 Å². The van der Waals surface area contributed by atoms with Crippen LogP contribution in [0.2, 0.25) is 0 Å². The minimum atomic E-state index is -3.51. The van der Waals surface area contributed by atoms with Crippen LogP contribution >= 0.6 is 11.3 Å². The van der Waals surface area contributed by atoms with Crippen LogP contribution in [0.4, 0.5) is 0 Å². The zero-order chi connectivity index (χ0) is 22.4. The Hall–Kier alpha value is -3.01. The van der Waals surface area contributed by atoms with Crippen molar-refractivity contribution in [2.24, 2.45) is 0 Å². The van der Waals surface area contributed by atoms with Crippen LogP contribution in [-0.4, -0.2) is 51.8 Å². The highest BCUT2D eigenvalue weighted by Gasteiger charge is 2.20. The minimum Gasteiger partial charge on any atom is -0.490 e. The maximum atomic E-state index is 12.6. The number of rotatable bonds is 9. The standard InChI is InChI=1S/C22H21NO6S2/c1-23(2)31(26,27)17-11-9-16(10-12-17)28-13-14-29-22(25)19-7-4-3-6-18(19)21(24)20-8-5-15-30-20/h3-12,15H,13-14H2,1-2H3. The molecule has 1 heterocycles. The van der Waals surface area contributed by atoms with Crippen LogP contribution in [0.1, 0.15) is 25.6 Å². The van der Waals surface area contributed by atoms with Crippen molar-refractivity contribution in [2.75, 3.05) is 27.3 Å². The van der Waals surface area contributed by atoms with Crippen molar-refractivity contribution in [2.45, 2.75) is 4.90 Å². The molecule has 0 aliphatic heterocycles. The summed E-state index contributed by atoms with van der Waals surface area (Å²) in [5, 5.41) is 1.80. The first-order chi connectivity index (χ1) is 14.8. The first-order valence-electron chi connectivity index (χ1n) is 9.30. The number of esters is 1. The summed E-state index contributed by atoms with van der Waals surface area (Å²) >= 11 is 1.31. The molecule has 3 rings (SSSR count). The monoisotopic (exact) mass is 459 g/mol. The maximum Gasteiger partial charge on any atom is 0.339 e. The van der Waals surface area contributed by atoms with Crippen LogP contribution in [0, 0.1) is 0 Å². The molecule has 0 atom stereocenters. The highest BCUT2D eigenvalue weighted by molar-refractivity contribution is 7.89. The van der Waals surface area contributed by atoms with Crippen molar-refractivity contribution in [3.8, 4) is 5.75 Å². The largest absolute Gasteiger partial charge is 0.490 e. The van der Waals surface area contributed by atoms with Gasteiger partial charge in [-0.1, -0.05) is 24.3 Å². The molecule has 1 aromatic heterocycles. The molecule has 0 saturated carbocycles. The summed E-state index contributed by atoms with van der Waals surface area (Å²) in [7, 11) is -0.589. The van der Waals surface area contributed by atoms with Crippen molar-refractivity contribution >= 4 is 33.1 Å². The molecule has 0 radical (unpaired) electrons. The molecule has 0 fully saturated rings. The van der Waals surface area contributed by atoms with Gasteiger partial charge in [0.1, 0.15) is 19.0 Å². The molecule has 2 aromatic carbocycles. The van der Waals surface area contributed by atoms with Gasteiger partial charge in [-0.2, -0.15) is 0 Å². The second-order valence-electron chi connectivity index (χ2n) is 6.60. The number of carbonyl (C=O) groups excluding carboxylic acids is 2. The highest BCUT2D eigenvalue weighted by Crippen LogP contribution is 2.20. The molecule has 0 bridgehead atoms. The minimum absolute atomic E-state index is 0.0297. The molecule has 0 spiro atoms. The van der Waals surface area contributed by atoms with E-state index in [9.17, 15) is 18.0 Å². The fraction of sp³-hybridized carbons (Fsp3) is 0.182. The van der Waals surface area contributed by atoms with Gasteiger partial charge in [-0.3, -0.25) is 4.79 Å². The Morgan fingerprint density at radius 1 is 0.903 bits per heavy atom. The van der Waals surface area contributed by atoms with E-state index in [4.69, 9.17) is 9.47 Å². The Labute approximate surface area is 184 Å². The smallest absolute Gasteiger partial charge is 0.339 e. The zero-order valence-electron chi connectivity index (χ0n) is 17.0. The number of carbonyl (C=O) groups is 2. The van der Waals surface area contributed by atoms with Crippen molar-refractivity contribution in [1.82, 2.24) is 4.31 Å². The Balaban J connectivity index is 1.56. The third-order valence-electron chi connectivity index (χ3n) is 4.32. The van der Waals surface area contributed by atoms with E-state index in [0.29, 0.717) is 10.6 Å². The van der Waals surface area contributed by atoms with Gasteiger partial charge in [-0.25, -0.2) is 17.5 Å². The van der Waals surface area contributed by atoms with E-state index in [1.165, 1.54) is 49.7 Å². The number of thiophene rings is 1. The van der Waals surface area contributed by atoms with Gasteiger partial charge in [0.2, 0.25) is 15.8 Å². The predicted octanol–water partition coefficient (Wildman–Crippen LogP) is 3.47. The second-order valence-corrected chi connectivity index (χ2v) is 9.69. The van der Waals surface area contributed by atoms with Gasteiger partial charge in [-0.05, 0) is 41.8 Å². The maximum absolute atomic E-state index is 12.6. The number of ether oxygens (including phenoxy) is 2. The van der Waals surface area contributed by atoms with Crippen LogP contribution < -0.4 is 4.74 Å². The number of sulfonamides is 1. The molecule has 31 heavy (non-hydrogen) atoms.